The summed E-state index contributed by atoms with van der Waals surface area (Å²) < 4.78 is 25.8. The number of guanidine groups is 1. The Labute approximate surface area is 175 Å². The molecule has 8 heteroatoms. The minimum Gasteiger partial charge on any atom is -0.352 e. The first-order valence-corrected chi connectivity index (χ1v) is 9.98. The number of halogens is 1. The number of allylic oxidation sites excluding steroid dienone is 1. The van der Waals surface area contributed by atoms with Gasteiger partial charge >= 0.3 is 0 Å². The molecule has 0 aromatic heterocycles. The summed E-state index contributed by atoms with van der Waals surface area (Å²) in [5, 5.41) is 3.30. The lowest BCUT2D eigenvalue weighted by atomic mass is 10.2. The molecule has 0 radical (unpaired) electrons. The normalized spacial score (nSPS) is 11.6. The molecule has 0 heterocycles. The summed E-state index contributed by atoms with van der Waals surface area (Å²) in [6.07, 6.45) is 6.48. The number of nitrogens with one attached hydrogen (secondary N) is 2. The minimum absolute atomic E-state index is 0. The Morgan fingerprint density at radius 3 is 2.42 bits per heavy atom. The lowest BCUT2D eigenvalue weighted by molar-refractivity contribution is 0.455. The van der Waals surface area contributed by atoms with Gasteiger partial charge in [-0.2, -0.15) is 0 Å². The van der Waals surface area contributed by atoms with E-state index in [1.165, 1.54) is 19.9 Å². The van der Waals surface area contributed by atoms with Crippen molar-refractivity contribution in [3.63, 3.8) is 0 Å². The maximum absolute atomic E-state index is 11.7. The Kier molecular flexibility index (Phi) is 12.5. The number of aliphatic imine (C=N–C) groups is 1. The van der Waals surface area contributed by atoms with E-state index in [0.717, 1.165) is 30.9 Å². The van der Waals surface area contributed by atoms with Gasteiger partial charge in [-0.1, -0.05) is 24.6 Å². The molecule has 0 aliphatic carbocycles. The average molecular weight is 494 g/mol. The predicted octanol–water partition coefficient (Wildman–Crippen LogP) is 2.97. The van der Waals surface area contributed by atoms with Gasteiger partial charge in [-0.25, -0.2) is 13.1 Å². The van der Waals surface area contributed by atoms with E-state index in [4.69, 9.17) is 0 Å². The van der Waals surface area contributed by atoms with E-state index in [0.29, 0.717) is 6.54 Å². The van der Waals surface area contributed by atoms with Crippen LogP contribution < -0.4 is 10.0 Å². The zero-order chi connectivity index (χ0) is 18.7. The van der Waals surface area contributed by atoms with Crippen LogP contribution in [0.3, 0.4) is 0 Å². The highest BCUT2D eigenvalue weighted by Crippen LogP contribution is 2.10. The number of hydrogen-bond acceptors (Lipinski definition) is 3. The predicted molar refractivity (Wildman–Crippen MR) is 120 cm³/mol. The molecule has 26 heavy (non-hydrogen) atoms. The van der Waals surface area contributed by atoms with Gasteiger partial charge < -0.3 is 10.2 Å². The van der Waals surface area contributed by atoms with E-state index in [-0.39, 0.29) is 28.9 Å². The number of sulfonamides is 1. The molecule has 1 aromatic rings. The summed E-state index contributed by atoms with van der Waals surface area (Å²) in [6, 6.07) is 6.82. The van der Waals surface area contributed by atoms with E-state index in [2.05, 4.69) is 26.5 Å². The molecule has 0 spiro atoms. The second-order valence-corrected chi connectivity index (χ2v) is 7.70. The third-order valence-corrected chi connectivity index (χ3v) is 5.36. The molecule has 0 atom stereocenters. The van der Waals surface area contributed by atoms with Crippen molar-refractivity contribution in [2.24, 2.45) is 4.99 Å². The van der Waals surface area contributed by atoms with Crippen molar-refractivity contribution in [2.45, 2.75) is 37.1 Å². The van der Waals surface area contributed by atoms with E-state index >= 15 is 0 Å². The SMILES string of the molecule is C=CCCCCCN(C)C(=NC)NCc1ccc(S(=O)(=O)NC)cc1.I. The molecule has 6 nitrogen and oxygen atoms in total. The van der Waals surface area contributed by atoms with Gasteiger partial charge in [-0.05, 0) is 44.0 Å². The first-order chi connectivity index (χ1) is 11.9. The maximum atomic E-state index is 11.7. The minimum atomic E-state index is -3.39. The van der Waals surface area contributed by atoms with Gasteiger partial charge in [0, 0.05) is 27.2 Å². The quantitative estimate of drug-likeness (QED) is 0.173. The Bertz CT molecular complexity index is 660. The highest BCUT2D eigenvalue weighted by molar-refractivity contribution is 14.0. The van der Waals surface area contributed by atoms with Crippen molar-refractivity contribution in [1.29, 1.82) is 0 Å². The van der Waals surface area contributed by atoms with Crippen molar-refractivity contribution < 1.29 is 8.42 Å². The monoisotopic (exact) mass is 494 g/mol. The second-order valence-electron chi connectivity index (χ2n) is 5.81. The number of unbranched alkanes of at least 4 members (excludes halogenated alkanes) is 3. The van der Waals surface area contributed by atoms with Crippen LogP contribution >= 0.6 is 24.0 Å². The molecule has 0 aliphatic heterocycles. The lowest BCUT2D eigenvalue weighted by Crippen LogP contribution is -2.39. The Morgan fingerprint density at radius 2 is 1.88 bits per heavy atom. The van der Waals surface area contributed by atoms with Crippen LogP contribution in [0, 0.1) is 0 Å². The topological polar surface area (TPSA) is 73.8 Å². The van der Waals surface area contributed by atoms with Gasteiger partial charge in [0.15, 0.2) is 5.96 Å². The van der Waals surface area contributed by atoms with Crippen LogP contribution in [0.2, 0.25) is 0 Å². The molecule has 0 bridgehead atoms. The maximum Gasteiger partial charge on any atom is 0.240 e. The van der Waals surface area contributed by atoms with Crippen LogP contribution in [-0.4, -0.2) is 47.0 Å². The van der Waals surface area contributed by atoms with Gasteiger partial charge in [0.05, 0.1) is 4.90 Å². The fourth-order valence-electron chi connectivity index (χ4n) is 2.39. The van der Waals surface area contributed by atoms with Gasteiger partial charge in [0.25, 0.3) is 0 Å². The smallest absolute Gasteiger partial charge is 0.240 e. The van der Waals surface area contributed by atoms with Crippen molar-refractivity contribution in [1.82, 2.24) is 14.9 Å². The Hall–Kier alpha value is -1.13. The van der Waals surface area contributed by atoms with E-state index in [1.807, 2.05) is 13.1 Å². The number of nitrogens with zero attached hydrogens (tertiary/aromatic N) is 2. The molecule has 0 saturated carbocycles. The summed E-state index contributed by atoms with van der Waals surface area (Å²) >= 11 is 0. The molecule has 148 valence electrons. The summed E-state index contributed by atoms with van der Waals surface area (Å²) in [6.45, 7) is 5.27. The second kappa shape index (κ2) is 13.1. The molecule has 1 rings (SSSR count). The zero-order valence-electron chi connectivity index (χ0n) is 15.9. The number of hydrogen-bond donors (Lipinski definition) is 2. The summed E-state index contributed by atoms with van der Waals surface area (Å²) in [5.74, 6) is 0.829. The molecule has 0 saturated heterocycles. The average Bonchev–Trinajstić information content (AvgIpc) is 2.62. The summed E-state index contributed by atoms with van der Waals surface area (Å²) in [4.78, 5) is 6.67. The first kappa shape index (κ1) is 24.9. The lowest BCUT2D eigenvalue weighted by Gasteiger charge is -2.22. The summed E-state index contributed by atoms with van der Waals surface area (Å²) in [5.41, 5.74) is 0.996. The zero-order valence-corrected chi connectivity index (χ0v) is 19.0. The summed E-state index contributed by atoms with van der Waals surface area (Å²) in [7, 11) is 1.80. The molecule has 0 unspecified atom stereocenters. The first-order valence-electron chi connectivity index (χ1n) is 8.49. The van der Waals surface area contributed by atoms with Gasteiger partial charge in [0.2, 0.25) is 10.0 Å². The van der Waals surface area contributed by atoms with Crippen LogP contribution in [-0.2, 0) is 16.6 Å². The molecule has 2 N–H and O–H groups in total. The standard InChI is InChI=1S/C18H30N4O2S.HI/c1-5-6-7-8-9-14-22(4)18(19-2)21-15-16-10-12-17(13-11-16)25(23,24)20-3;/h5,10-13,20H,1,6-9,14-15H2,2-4H3,(H,19,21);1H. The van der Waals surface area contributed by atoms with Crippen LogP contribution in [0.1, 0.15) is 31.2 Å². The van der Waals surface area contributed by atoms with Crippen molar-refractivity contribution in [3.05, 3.63) is 42.5 Å². The van der Waals surface area contributed by atoms with Gasteiger partial charge in [0.1, 0.15) is 0 Å². The highest BCUT2D eigenvalue weighted by Gasteiger charge is 2.11. The largest absolute Gasteiger partial charge is 0.352 e. The fraction of sp³-hybridized carbons (Fsp3) is 0.500. The fourth-order valence-corrected chi connectivity index (χ4v) is 3.12. The molecular formula is C18H31IN4O2S. The van der Waals surface area contributed by atoms with Crippen LogP contribution in [0.5, 0.6) is 0 Å². The van der Waals surface area contributed by atoms with Crippen molar-refractivity contribution >= 4 is 40.0 Å². The van der Waals surface area contributed by atoms with Crippen molar-refractivity contribution in [2.75, 3.05) is 27.7 Å². The van der Waals surface area contributed by atoms with E-state index in [9.17, 15) is 8.42 Å². The number of rotatable bonds is 10. The third-order valence-electron chi connectivity index (χ3n) is 3.93. The molecule has 0 aliphatic rings. The number of benzene rings is 1. The van der Waals surface area contributed by atoms with E-state index in [1.54, 1.807) is 31.3 Å². The van der Waals surface area contributed by atoms with Crippen LogP contribution in [0.15, 0.2) is 46.8 Å². The molecule has 0 amide bonds. The van der Waals surface area contributed by atoms with Crippen molar-refractivity contribution in [3.8, 4) is 0 Å². The van der Waals surface area contributed by atoms with Gasteiger partial charge in [-0.3, -0.25) is 4.99 Å². The molecule has 1 aromatic carbocycles. The molecule has 0 fully saturated rings. The molecular weight excluding hydrogens is 463 g/mol. The third kappa shape index (κ3) is 8.50. The van der Waals surface area contributed by atoms with E-state index < -0.39 is 10.0 Å². The Balaban J connectivity index is 0.00000625. The highest BCUT2D eigenvalue weighted by atomic mass is 127. The van der Waals surface area contributed by atoms with Crippen LogP contribution in [0.25, 0.3) is 0 Å². The van der Waals surface area contributed by atoms with Gasteiger partial charge in [-0.15, -0.1) is 30.6 Å². The van der Waals surface area contributed by atoms with Crippen LogP contribution in [0.4, 0.5) is 0 Å². The Morgan fingerprint density at radius 1 is 1.23 bits per heavy atom.